The molecular formula is C25H18FN3O4S2. The third kappa shape index (κ3) is 6.31. The zero-order valence-electron chi connectivity index (χ0n) is 18.0. The number of amides is 2. The van der Waals surface area contributed by atoms with Gasteiger partial charge in [-0.25, -0.2) is 14.2 Å². The van der Waals surface area contributed by atoms with E-state index in [1.54, 1.807) is 53.9 Å². The maximum absolute atomic E-state index is 13.1. The largest absolute Gasteiger partial charge is 0.478 e. The fourth-order valence-electron chi connectivity index (χ4n) is 3.09. The van der Waals surface area contributed by atoms with Crippen molar-refractivity contribution in [2.75, 3.05) is 16.4 Å². The summed E-state index contributed by atoms with van der Waals surface area (Å²) in [5, 5.41) is 16.9. The molecule has 1 heterocycles. The SMILES string of the molecule is O=C(CSc1ccc(NC(=O)c2ccccc2C(=O)O)cc1)Nc1nc(-c2ccc(F)cc2)cs1. The van der Waals surface area contributed by atoms with Gasteiger partial charge in [-0.1, -0.05) is 12.1 Å². The van der Waals surface area contributed by atoms with E-state index in [2.05, 4.69) is 15.6 Å². The van der Waals surface area contributed by atoms with E-state index < -0.39 is 11.9 Å². The molecule has 0 radical (unpaired) electrons. The summed E-state index contributed by atoms with van der Waals surface area (Å²) in [6, 6.07) is 18.8. The van der Waals surface area contributed by atoms with Crippen LogP contribution in [0.4, 0.5) is 15.2 Å². The highest BCUT2D eigenvalue weighted by Gasteiger charge is 2.16. The third-order valence-corrected chi connectivity index (χ3v) is 6.54. The highest BCUT2D eigenvalue weighted by atomic mass is 32.2. The number of hydrogen-bond donors (Lipinski definition) is 3. The summed E-state index contributed by atoms with van der Waals surface area (Å²) in [7, 11) is 0. The first-order valence-corrected chi connectivity index (χ1v) is 12.1. The van der Waals surface area contributed by atoms with Crippen LogP contribution in [-0.2, 0) is 4.79 Å². The van der Waals surface area contributed by atoms with Crippen LogP contribution in [0.2, 0.25) is 0 Å². The number of rotatable bonds is 8. The van der Waals surface area contributed by atoms with Gasteiger partial charge in [0.15, 0.2) is 5.13 Å². The van der Waals surface area contributed by atoms with Crippen molar-refractivity contribution < 1.29 is 23.9 Å². The quantitative estimate of drug-likeness (QED) is 0.267. The molecule has 0 saturated carbocycles. The molecule has 35 heavy (non-hydrogen) atoms. The van der Waals surface area contributed by atoms with Gasteiger partial charge in [-0.05, 0) is 60.7 Å². The predicted molar refractivity (Wildman–Crippen MR) is 135 cm³/mol. The molecule has 4 aromatic rings. The van der Waals surface area contributed by atoms with Crippen LogP contribution in [0.1, 0.15) is 20.7 Å². The molecular weight excluding hydrogens is 489 g/mol. The van der Waals surface area contributed by atoms with Crippen LogP contribution in [0, 0.1) is 5.82 Å². The average Bonchev–Trinajstić information content (AvgIpc) is 3.32. The number of carbonyl (C=O) groups is 3. The number of carboxylic acids is 1. The summed E-state index contributed by atoms with van der Waals surface area (Å²) in [5.41, 5.74) is 1.91. The Morgan fingerprint density at radius 3 is 2.29 bits per heavy atom. The molecule has 3 aromatic carbocycles. The molecule has 3 N–H and O–H groups in total. The second-order valence-electron chi connectivity index (χ2n) is 7.21. The van der Waals surface area contributed by atoms with E-state index in [0.717, 1.165) is 10.5 Å². The van der Waals surface area contributed by atoms with E-state index in [0.29, 0.717) is 16.5 Å². The number of nitrogens with zero attached hydrogens (tertiary/aromatic N) is 1. The van der Waals surface area contributed by atoms with E-state index in [1.807, 2.05) is 0 Å². The van der Waals surface area contributed by atoms with Crippen LogP contribution in [0.3, 0.4) is 0 Å². The Balaban J connectivity index is 1.29. The van der Waals surface area contributed by atoms with Crippen LogP contribution in [-0.4, -0.2) is 33.6 Å². The summed E-state index contributed by atoms with van der Waals surface area (Å²) in [6.07, 6.45) is 0. The lowest BCUT2D eigenvalue weighted by Crippen LogP contribution is -2.16. The maximum Gasteiger partial charge on any atom is 0.336 e. The van der Waals surface area contributed by atoms with Gasteiger partial charge in [0.05, 0.1) is 22.6 Å². The Labute approximate surface area is 208 Å². The van der Waals surface area contributed by atoms with Crippen molar-refractivity contribution in [3.05, 3.63) is 95.1 Å². The molecule has 0 unspecified atom stereocenters. The molecule has 0 aliphatic rings. The zero-order valence-corrected chi connectivity index (χ0v) is 19.7. The second kappa shape index (κ2) is 10.9. The van der Waals surface area contributed by atoms with E-state index in [1.165, 1.54) is 47.4 Å². The lowest BCUT2D eigenvalue weighted by Gasteiger charge is -2.08. The van der Waals surface area contributed by atoms with E-state index in [-0.39, 0.29) is 28.6 Å². The number of carboxylic acid groups (broad SMARTS) is 1. The molecule has 0 aliphatic heterocycles. The van der Waals surface area contributed by atoms with Crippen molar-refractivity contribution in [3.63, 3.8) is 0 Å². The zero-order chi connectivity index (χ0) is 24.8. The van der Waals surface area contributed by atoms with Gasteiger partial charge in [0.1, 0.15) is 5.82 Å². The number of aromatic nitrogens is 1. The highest BCUT2D eigenvalue weighted by molar-refractivity contribution is 8.00. The fraction of sp³-hybridized carbons (Fsp3) is 0.0400. The molecule has 2 amide bonds. The Morgan fingerprint density at radius 2 is 1.60 bits per heavy atom. The molecule has 1 aromatic heterocycles. The highest BCUT2D eigenvalue weighted by Crippen LogP contribution is 2.26. The lowest BCUT2D eigenvalue weighted by atomic mass is 10.1. The maximum atomic E-state index is 13.1. The normalized spacial score (nSPS) is 10.5. The number of thiazole rings is 1. The van der Waals surface area contributed by atoms with Crippen LogP contribution in [0.25, 0.3) is 11.3 Å². The smallest absolute Gasteiger partial charge is 0.336 e. The monoisotopic (exact) mass is 507 g/mol. The van der Waals surface area contributed by atoms with Crippen molar-refractivity contribution in [1.82, 2.24) is 4.98 Å². The number of anilines is 2. The molecule has 0 fully saturated rings. The molecule has 176 valence electrons. The van der Waals surface area contributed by atoms with Gasteiger partial charge in [-0.2, -0.15) is 0 Å². The van der Waals surface area contributed by atoms with Gasteiger partial charge < -0.3 is 15.7 Å². The molecule has 0 spiro atoms. The Kier molecular flexibility index (Phi) is 7.54. The fourth-order valence-corrected chi connectivity index (χ4v) is 4.52. The first kappa shape index (κ1) is 24.1. The van der Waals surface area contributed by atoms with Crippen molar-refractivity contribution in [3.8, 4) is 11.3 Å². The van der Waals surface area contributed by atoms with Gasteiger partial charge in [0, 0.05) is 21.5 Å². The van der Waals surface area contributed by atoms with Crippen LogP contribution >= 0.6 is 23.1 Å². The van der Waals surface area contributed by atoms with Gasteiger partial charge in [0.2, 0.25) is 5.91 Å². The number of halogens is 1. The second-order valence-corrected chi connectivity index (χ2v) is 9.12. The summed E-state index contributed by atoms with van der Waals surface area (Å²) in [4.78, 5) is 41.3. The average molecular weight is 508 g/mol. The molecule has 10 heteroatoms. The van der Waals surface area contributed by atoms with Crippen molar-refractivity contribution in [1.29, 1.82) is 0 Å². The van der Waals surface area contributed by atoms with E-state index in [4.69, 9.17) is 0 Å². The minimum absolute atomic E-state index is 0.0693. The van der Waals surface area contributed by atoms with Gasteiger partial charge in [-0.15, -0.1) is 23.1 Å². The topological polar surface area (TPSA) is 108 Å². The van der Waals surface area contributed by atoms with Crippen LogP contribution in [0.15, 0.2) is 83.1 Å². The summed E-state index contributed by atoms with van der Waals surface area (Å²) >= 11 is 2.60. The number of aromatic carboxylic acids is 1. The number of benzene rings is 3. The summed E-state index contributed by atoms with van der Waals surface area (Å²) in [5.74, 6) is -2.09. The van der Waals surface area contributed by atoms with E-state index in [9.17, 15) is 23.9 Å². The molecule has 7 nitrogen and oxygen atoms in total. The number of carbonyl (C=O) groups excluding carboxylic acids is 2. The molecule has 0 saturated heterocycles. The Hall–Kier alpha value is -4.02. The minimum Gasteiger partial charge on any atom is -0.478 e. The molecule has 0 atom stereocenters. The predicted octanol–water partition coefficient (Wildman–Crippen LogP) is 5.63. The standard InChI is InChI=1S/C25H18FN3O4S2/c26-16-7-5-15(6-8-16)21-13-35-25(28-21)29-22(30)14-34-18-11-9-17(10-12-18)27-23(31)19-3-1-2-4-20(19)24(32)33/h1-13H,14H2,(H,27,31)(H,32,33)(H,28,29,30). The Bertz CT molecular complexity index is 1370. The lowest BCUT2D eigenvalue weighted by molar-refractivity contribution is -0.113. The first-order valence-electron chi connectivity index (χ1n) is 10.3. The number of hydrogen-bond acceptors (Lipinski definition) is 6. The molecule has 0 bridgehead atoms. The summed E-state index contributed by atoms with van der Waals surface area (Å²) in [6.45, 7) is 0. The third-order valence-electron chi connectivity index (χ3n) is 4.77. The number of nitrogens with one attached hydrogen (secondary N) is 2. The Morgan fingerprint density at radius 1 is 0.914 bits per heavy atom. The summed E-state index contributed by atoms with van der Waals surface area (Å²) < 4.78 is 13.1. The van der Waals surface area contributed by atoms with Crippen molar-refractivity contribution in [2.24, 2.45) is 0 Å². The van der Waals surface area contributed by atoms with E-state index >= 15 is 0 Å². The van der Waals surface area contributed by atoms with Gasteiger partial charge in [0.25, 0.3) is 5.91 Å². The van der Waals surface area contributed by atoms with Crippen LogP contribution < -0.4 is 10.6 Å². The minimum atomic E-state index is -1.18. The van der Waals surface area contributed by atoms with Gasteiger partial charge >= 0.3 is 5.97 Å². The molecule has 0 aliphatic carbocycles. The van der Waals surface area contributed by atoms with Crippen molar-refractivity contribution >= 4 is 51.7 Å². The van der Waals surface area contributed by atoms with Crippen LogP contribution in [0.5, 0.6) is 0 Å². The first-order chi connectivity index (χ1) is 16.9. The number of thioether (sulfide) groups is 1. The molecule has 4 rings (SSSR count). The van der Waals surface area contributed by atoms with Gasteiger partial charge in [-0.3, -0.25) is 9.59 Å². The van der Waals surface area contributed by atoms with Crippen molar-refractivity contribution in [2.45, 2.75) is 4.90 Å².